The predicted molar refractivity (Wildman–Crippen MR) is 186 cm³/mol. The zero-order chi connectivity index (χ0) is 31.5. The second-order valence-electron chi connectivity index (χ2n) is 12.7. The van der Waals surface area contributed by atoms with Crippen LogP contribution in [-0.2, 0) is 23.2 Å². The molecule has 8 rings (SSSR count). The molecule has 0 spiro atoms. The zero-order valence-electron chi connectivity index (χ0n) is 26.9. The van der Waals surface area contributed by atoms with Gasteiger partial charge in [-0.05, 0) is 0 Å². The van der Waals surface area contributed by atoms with Crippen molar-refractivity contribution < 1.29 is 32.1 Å². The van der Waals surface area contributed by atoms with Gasteiger partial charge < -0.3 is 0 Å². The third-order valence-electron chi connectivity index (χ3n) is 9.76. The summed E-state index contributed by atoms with van der Waals surface area (Å²) in [5.41, 5.74) is 17.5. The zero-order valence-corrected chi connectivity index (χ0v) is 29.4. The van der Waals surface area contributed by atoms with E-state index in [1.807, 2.05) is 13.8 Å². The summed E-state index contributed by atoms with van der Waals surface area (Å²) >= 11 is -1.31. The molecule has 0 amide bonds. The molecule has 2 aliphatic carbocycles. The van der Waals surface area contributed by atoms with Gasteiger partial charge in [-0.25, -0.2) is 0 Å². The summed E-state index contributed by atoms with van der Waals surface area (Å²) in [4.78, 5) is 0. The molecule has 2 atom stereocenters. The average Bonchev–Trinajstić information content (AvgIpc) is 3.85. The maximum atomic E-state index is 6.40. The van der Waals surface area contributed by atoms with Crippen molar-refractivity contribution in [2.45, 2.75) is 41.9 Å². The Hall–Kier alpha value is -4.20. The van der Waals surface area contributed by atoms with Crippen molar-refractivity contribution in [2.75, 3.05) is 0 Å². The van der Waals surface area contributed by atoms with E-state index < -0.39 is 23.2 Å². The maximum absolute atomic E-state index is 6.40. The Balaban J connectivity index is 1.33. The van der Waals surface area contributed by atoms with Crippen molar-refractivity contribution in [2.24, 2.45) is 0 Å². The summed E-state index contributed by atoms with van der Waals surface area (Å²) in [5, 5.41) is 0. The SMILES string of the molecule is Cc1ccc(C2=Cc3c(ccc(C)c3-c3ccccc3)[CH]2[Zr][CH]2C(c3ccc(C)o3)=Cc3c2cc(C)c(C)c3-c2ccccc2)o1. The number of allylic oxidation sites excluding steroid dienone is 2. The van der Waals surface area contributed by atoms with E-state index in [-0.39, 0.29) is 0 Å². The fourth-order valence-electron chi connectivity index (χ4n) is 7.42. The van der Waals surface area contributed by atoms with Crippen LogP contribution < -0.4 is 0 Å². The third-order valence-corrected chi connectivity index (χ3v) is 14.5. The van der Waals surface area contributed by atoms with E-state index in [0.717, 1.165) is 23.0 Å². The summed E-state index contributed by atoms with van der Waals surface area (Å²) in [5.74, 6) is 3.90. The quantitative estimate of drug-likeness (QED) is 0.176. The normalized spacial score (nSPS) is 16.6. The monoisotopic (exact) mass is 674 g/mol. The Labute approximate surface area is 283 Å². The van der Waals surface area contributed by atoms with Gasteiger partial charge in [0.25, 0.3) is 0 Å². The molecule has 2 nitrogen and oxygen atoms in total. The molecule has 0 aliphatic heterocycles. The summed E-state index contributed by atoms with van der Waals surface area (Å²) in [6.07, 6.45) is 4.90. The van der Waals surface area contributed by atoms with Crippen LogP contribution in [-0.4, -0.2) is 0 Å². The van der Waals surface area contributed by atoms with Crippen LogP contribution in [0.2, 0.25) is 0 Å². The number of hydrogen-bond acceptors (Lipinski definition) is 2. The fraction of sp³-hybridized carbons (Fsp3) is 0.163. The van der Waals surface area contributed by atoms with E-state index in [1.165, 1.54) is 72.3 Å². The molecule has 4 aromatic carbocycles. The Kier molecular flexibility index (Phi) is 7.34. The molecule has 0 saturated heterocycles. The van der Waals surface area contributed by atoms with Crippen molar-refractivity contribution >= 4 is 23.3 Å². The van der Waals surface area contributed by atoms with Crippen LogP contribution in [0, 0.1) is 34.6 Å². The van der Waals surface area contributed by atoms with Crippen LogP contribution in [0.3, 0.4) is 0 Å². The van der Waals surface area contributed by atoms with E-state index in [2.05, 4.69) is 136 Å². The van der Waals surface area contributed by atoms with E-state index in [9.17, 15) is 0 Å². The first-order valence-electron chi connectivity index (χ1n) is 16.1. The van der Waals surface area contributed by atoms with Crippen LogP contribution in [0.1, 0.15) is 69.2 Å². The molecule has 46 heavy (non-hydrogen) atoms. The Morgan fingerprint density at radius 3 is 1.57 bits per heavy atom. The van der Waals surface area contributed by atoms with E-state index in [4.69, 9.17) is 8.83 Å². The van der Waals surface area contributed by atoms with Crippen LogP contribution >= 0.6 is 0 Å². The molecular formula is C43H36O2Zr. The number of furan rings is 2. The van der Waals surface area contributed by atoms with Gasteiger partial charge in [-0.1, -0.05) is 0 Å². The number of rotatable bonds is 6. The Morgan fingerprint density at radius 1 is 0.500 bits per heavy atom. The van der Waals surface area contributed by atoms with Crippen molar-refractivity contribution in [3.63, 3.8) is 0 Å². The Morgan fingerprint density at radius 2 is 1.02 bits per heavy atom. The van der Waals surface area contributed by atoms with Crippen LogP contribution in [0.15, 0.2) is 112 Å². The van der Waals surface area contributed by atoms with Crippen LogP contribution in [0.25, 0.3) is 45.6 Å². The standard InChI is InChI=1S/C22H19O.C21H17O.Zr/c1-14-11-18-12-19(21-10-9-15(2)23-21)13-20(18)22(16(14)3)17-7-5-4-6-8-17;1-14-8-10-17-12-18(20-11-9-15(2)22-20)13-19(17)21(14)16-6-4-3-5-7-16;/h4-13H,1-3H3;3-13H,1-2H3;. The van der Waals surface area contributed by atoms with Crippen LogP contribution in [0.5, 0.6) is 0 Å². The van der Waals surface area contributed by atoms with E-state index in [0.29, 0.717) is 7.25 Å². The Bertz CT molecular complexity index is 2180. The molecule has 3 heteroatoms. The van der Waals surface area contributed by atoms with Gasteiger partial charge in [0.05, 0.1) is 0 Å². The predicted octanol–water partition coefficient (Wildman–Crippen LogP) is 11.7. The molecule has 0 fully saturated rings. The van der Waals surface area contributed by atoms with Crippen LogP contribution in [0.4, 0.5) is 0 Å². The average molecular weight is 676 g/mol. The second-order valence-corrected chi connectivity index (χ2v) is 16.4. The minimum atomic E-state index is -1.31. The molecule has 0 N–H and O–H groups in total. The summed E-state index contributed by atoms with van der Waals surface area (Å²) in [6, 6.07) is 37.5. The van der Waals surface area contributed by atoms with Crippen molar-refractivity contribution in [1.29, 1.82) is 0 Å². The van der Waals surface area contributed by atoms with Gasteiger partial charge in [-0.3, -0.25) is 0 Å². The van der Waals surface area contributed by atoms with E-state index in [1.54, 1.807) is 0 Å². The topological polar surface area (TPSA) is 26.3 Å². The van der Waals surface area contributed by atoms with Gasteiger partial charge in [0.2, 0.25) is 0 Å². The summed E-state index contributed by atoms with van der Waals surface area (Å²) in [6.45, 7) is 10.9. The second kappa shape index (κ2) is 11.6. The molecular weight excluding hydrogens is 640 g/mol. The number of benzene rings is 4. The van der Waals surface area contributed by atoms with Gasteiger partial charge in [0.15, 0.2) is 0 Å². The van der Waals surface area contributed by atoms with Gasteiger partial charge in [0.1, 0.15) is 0 Å². The number of aryl methyl sites for hydroxylation is 4. The van der Waals surface area contributed by atoms with Crippen molar-refractivity contribution in [3.05, 3.63) is 165 Å². The molecule has 2 unspecified atom stereocenters. The van der Waals surface area contributed by atoms with Gasteiger partial charge in [0, 0.05) is 0 Å². The molecule has 2 aliphatic rings. The van der Waals surface area contributed by atoms with Crippen molar-refractivity contribution in [1.82, 2.24) is 0 Å². The molecule has 0 bridgehead atoms. The first kappa shape index (κ1) is 29.2. The number of fused-ring (bicyclic) bond motifs is 2. The molecule has 0 saturated carbocycles. The first-order valence-corrected chi connectivity index (χ1v) is 18.9. The van der Waals surface area contributed by atoms with Crippen molar-refractivity contribution in [3.8, 4) is 22.3 Å². The van der Waals surface area contributed by atoms with Gasteiger partial charge >= 0.3 is 285 Å². The molecule has 224 valence electrons. The minimum absolute atomic E-state index is 0.322. The molecule has 2 heterocycles. The molecule has 2 aromatic heterocycles. The first-order chi connectivity index (χ1) is 22.4. The summed E-state index contributed by atoms with van der Waals surface area (Å²) in [7, 11) is 0. The fourth-order valence-corrected chi connectivity index (χ4v) is 12.3. The summed E-state index contributed by atoms with van der Waals surface area (Å²) < 4.78 is 13.4. The van der Waals surface area contributed by atoms with Gasteiger partial charge in [-0.2, -0.15) is 0 Å². The molecule has 6 aromatic rings. The van der Waals surface area contributed by atoms with E-state index >= 15 is 0 Å². The van der Waals surface area contributed by atoms with Gasteiger partial charge in [-0.15, -0.1) is 0 Å². The number of hydrogen-bond donors (Lipinski definition) is 0. The third kappa shape index (κ3) is 4.88. The molecule has 0 radical (unpaired) electrons.